The third kappa shape index (κ3) is 5.34. The number of carbonyl (C=O) groups is 1. The lowest BCUT2D eigenvalue weighted by atomic mass is 9.68. The largest absolute Gasteiger partial charge is 0.492 e. The highest BCUT2D eigenvalue weighted by Crippen LogP contribution is 2.44. The highest BCUT2D eigenvalue weighted by Gasteiger charge is 2.39. The number of rotatable bonds is 5. The summed E-state index contributed by atoms with van der Waals surface area (Å²) >= 11 is 6.24. The monoisotopic (exact) mass is 486 g/mol. The minimum Gasteiger partial charge on any atom is -0.492 e. The summed E-state index contributed by atoms with van der Waals surface area (Å²) in [6.45, 7) is 6.21. The first-order chi connectivity index (χ1) is 15.7. The van der Waals surface area contributed by atoms with Crippen LogP contribution in [-0.4, -0.2) is 22.5 Å². The van der Waals surface area contributed by atoms with Crippen molar-refractivity contribution in [1.82, 2.24) is 0 Å². The van der Waals surface area contributed by atoms with Crippen LogP contribution < -0.4 is 9.88 Å². The van der Waals surface area contributed by atoms with Crippen molar-refractivity contribution in [3.8, 4) is 5.75 Å². The van der Waals surface area contributed by atoms with Gasteiger partial charge in [0.15, 0.2) is 0 Å². The van der Waals surface area contributed by atoms with Crippen molar-refractivity contribution >= 4 is 27.4 Å². The number of nitrogens with zero attached hydrogens (tertiary/aromatic N) is 1. The van der Waals surface area contributed by atoms with E-state index in [1.807, 2.05) is 25.1 Å². The summed E-state index contributed by atoms with van der Waals surface area (Å²) in [6.07, 6.45) is 7.34. The molecule has 176 valence electrons. The molecule has 1 unspecified atom stereocenters. The van der Waals surface area contributed by atoms with Gasteiger partial charge in [0.2, 0.25) is 0 Å². The number of halogens is 1. The van der Waals surface area contributed by atoms with Crippen molar-refractivity contribution in [2.45, 2.75) is 50.9 Å². The van der Waals surface area contributed by atoms with Crippen LogP contribution in [0.5, 0.6) is 5.75 Å². The molecule has 2 aliphatic rings. The maximum atomic E-state index is 12.8. The SMILES string of the molecule is C=CC[C@H](C)CS(N)(=O)=NC(=O)c1ccc2c(c1)CC[C@@]1(CCCc3cc(Cl)ccc31)CO2. The summed E-state index contributed by atoms with van der Waals surface area (Å²) in [6, 6.07) is 11.5. The number of hydrogen-bond acceptors (Lipinski definition) is 3. The van der Waals surface area contributed by atoms with E-state index in [2.05, 4.69) is 23.1 Å². The van der Waals surface area contributed by atoms with E-state index in [9.17, 15) is 9.00 Å². The lowest BCUT2D eigenvalue weighted by Crippen LogP contribution is -2.36. The molecular weight excluding hydrogens is 456 g/mol. The van der Waals surface area contributed by atoms with Crippen LogP contribution in [0.2, 0.25) is 5.02 Å². The van der Waals surface area contributed by atoms with E-state index in [-0.39, 0.29) is 17.1 Å². The molecule has 1 amide bonds. The van der Waals surface area contributed by atoms with Gasteiger partial charge in [-0.1, -0.05) is 30.7 Å². The predicted octanol–water partition coefficient (Wildman–Crippen LogP) is 5.63. The Kier molecular flexibility index (Phi) is 6.99. The minimum atomic E-state index is -3.10. The molecule has 33 heavy (non-hydrogen) atoms. The van der Waals surface area contributed by atoms with Gasteiger partial charge in [-0.3, -0.25) is 4.79 Å². The minimum absolute atomic E-state index is 0.0430. The maximum absolute atomic E-state index is 12.8. The average Bonchev–Trinajstić information content (AvgIpc) is 2.93. The lowest BCUT2D eigenvalue weighted by molar-refractivity contribution is 0.100. The van der Waals surface area contributed by atoms with Crippen LogP contribution in [0.3, 0.4) is 0 Å². The molecule has 1 aliphatic carbocycles. The third-order valence-electron chi connectivity index (χ3n) is 6.75. The first-order valence-corrected chi connectivity index (χ1v) is 13.6. The van der Waals surface area contributed by atoms with E-state index >= 15 is 0 Å². The third-order valence-corrected chi connectivity index (χ3v) is 8.51. The van der Waals surface area contributed by atoms with E-state index < -0.39 is 15.8 Å². The number of hydrogen-bond donors (Lipinski definition) is 1. The zero-order valence-corrected chi connectivity index (χ0v) is 20.6. The number of amides is 1. The lowest BCUT2D eigenvalue weighted by Gasteiger charge is -2.38. The molecule has 0 aromatic heterocycles. The number of allylic oxidation sites excluding steroid dienone is 1. The molecule has 2 N–H and O–H groups in total. The molecule has 4 rings (SSSR count). The quantitative estimate of drug-likeness (QED) is 0.555. The summed E-state index contributed by atoms with van der Waals surface area (Å²) in [7, 11) is -3.10. The maximum Gasteiger partial charge on any atom is 0.286 e. The van der Waals surface area contributed by atoms with Gasteiger partial charge in [0.05, 0.1) is 6.61 Å². The fourth-order valence-electron chi connectivity index (χ4n) is 5.15. The van der Waals surface area contributed by atoms with Gasteiger partial charge >= 0.3 is 0 Å². The summed E-state index contributed by atoms with van der Waals surface area (Å²) < 4.78 is 22.8. The van der Waals surface area contributed by atoms with E-state index in [0.717, 1.165) is 48.4 Å². The predicted molar refractivity (Wildman–Crippen MR) is 134 cm³/mol. The second-order valence-electron chi connectivity index (χ2n) is 9.43. The first-order valence-electron chi connectivity index (χ1n) is 11.4. The van der Waals surface area contributed by atoms with Crippen molar-refractivity contribution < 1.29 is 13.7 Å². The summed E-state index contributed by atoms with van der Waals surface area (Å²) in [5.41, 5.74) is 3.94. The second kappa shape index (κ2) is 9.61. The fourth-order valence-corrected chi connectivity index (χ4v) is 6.76. The Bertz CT molecular complexity index is 1200. The molecule has 0 bridgehead atoms. The normalized spacial score (nSPS) is 22.2. The summed E-state index contributed by atoms with van der Waals surface area (Å²) in [5, 5.41) is 6.64. The summed E-state index contributed by atoms with van der Waals surface area (Å²) in [4.78, 5) is 12.8. The Morgan fingerprint density at radius 2 is 2.09 bits per heavy atom. The number of fused-ring (bicyclic) bond motifs is 3. The second-order valence-corrected chi connectivity index (χ2v) is 11.8. The molecule has 7 heteroatoms. The highest BCUT2D eigenvalue weighted by molar-refractivity contribution is 7.91. The summed E-state index contributed by atoms with van der Waals surface area (Å²) in [5.74, 6) is 0.442. The zero-order valence-electron chi connectivity index (χ0n) is 19.0. The highest BCUT2D eigenvalue weighted by atomic mass is 35.5. The van der Waals surface area contributed by atoms with Gasteiger partial charge in [-0.05, 0) is 91.5 Å². The van der Waals surface area contributed by atoms with Gasteiger partial charge in [-0.15, -0.1) is 10.9 Å². The molecule has 5 nitrogen and oxygen atoms in total. The zero-order chi connectivity index (χ0) is 23.6. The van der Waals surface area contributed by atoms with Crippen LogP contribution in [-0.2, 0) is 28.2 Å². The molecule has 0 saturated heterocycles. The van der Waals surface area contributed by atoms with Crippen LogP contribution in [0.4, 0.5) is 0 Å². The van der Waals surface area contributed by atoms with Gasteiger partial charge in [0.25, 0.3) is 5.91 Å². The van der Waals surface area contributed by atoms with Crippen molar-refractivity contribution in [2.24, 2.45) is 15.4 Å². The van der Waals surface area contributed by atoms with Crippen molar-refractivity contribution in [1.29, 1.82) is 0 Å². The van der Waals surface area contributed by atoms with Crippen LogP contribution in [0.15, 0.2) is 53.4 Å². The topological polar surface area (TPSA) is 81.8 Å². The van der Waals surface area contributed by atoms with Crippen LogP contribution in [0.25, 0.3) is 0 Å². The van der Waals surface area contributed by atoms with Crippen LogP contribution in [0, 0.1) is 5.92 Å². The van der Waals surface area contributed by atoms with E-state index in [1.165, 1.54) is 11.1 Å². The van der Waals surface area contributed by atoms with E-state index in [0.29, 0.717) is 18.6 Å². The molecule has 1 aliphatic heterocycles. The van der Waals surface area contributed by atoms with Crippen LogP contribution >= 0.6 is 11.6 Å². The Labute approximate surface area is 201 Å². The Morgan fingerprint density at radius 3 is 2.88 bits per heavy atom. The molecular formula is C26H31ClN2O3S. The van der Waals surface area contributed by atoms with Gasteiger partial charge in [-0.2, -0.15) is 0 Å². The van der Waals surface area contributed by atoms with Gasteiger partial charge in [-0.25, -0.2) is 9.35 Å². The van der Waals surface area contributed by atoms with Crippen molar-refractivity contribution in [2.75, 3.05) is 12.4 Å². The molecule has 1 spiro atoms. The van der Waals surface area contributed by atoms with Crippen LogP contribution in [0.1, 0.15) is 59.7 Å². The van der Waals surface area contributed by atoms with E-state index in [1.54, 1.807) is 12.1 Å². The molecule has 0 radical (unpaired) electrons. The Hall–Kier alpha value is -2.15. The van der Waals surface area contributed by atoms with Gasteiger partial charge < -0.3 is 4.74 Å². The van der Waals surface area contributed by atoms with Gasteiger partial charge in [0.1, 0.15) is 15.7 Å². The number of benzene rings is 2. The molecule has 2 aromatic rings. The Morgan fingerprint density at radius 1 is 1.27 bits per heavy atom. The number of ether oxygens (including phenoxy) is 1. The van der Waals surface area contributed by atoms with Gasteiger partial charge in [0, 0.05) is 21.8 Å². The molecule has 2 aromatic carbocycles. The smallest absolute Gasteiger partial charge is 0.286 e. The van der Waals surface area contributed by atoms with Crippen molar-refractivity contribution in [3.05, 3.63) is 76.3 Å². The van der Waals surface area contributed by atoms with Crippen molar-refractivity contribution in [3.63, 3.8) is 0 Å². The molecule has 1 heterocycles. The molecule has 0 fully saturated rings. The number of nitrogens with two attached hydrogens (primary N) is 1. The van der Waals surface area contributed by atoms with E-state index in [4.69, 9.17) is 21.5 Å². The first kappa shape index (κ1) is 24.0. The molecule has 0 saturated carbocycles. The fraction of sp³-hybridized carbons (Fsp3) is 0.423. The standard InChI is InChI=1S/C26H31ClN2O3S/c1-3-5-18(2)16-33(28,31)29-25(30)21-7-10-24-20(14-21)11-13-26(17-32-24)12-4-6-19-15-22(27)8-9-23(19)26/h3,7-10,14-15,18H,1,4-6,11-13,16-17H2,2H3,(H2,28,29,30,31)/t18-,26-,33?/m0/s1. The molecule has 3 atom stereocenters. The average molecular weight is 487 g/mol. The number of carbonyl (C=O) groups excluding carboxylic acids is 1. The number of aryl methyl sites for hydroxylation is 2. The Balaban J connectivity index is 1.56.